The summed E-state index contributed by atoms with van der Waals surface area (Å²) in [5.41, 5.74) is 22.2. The molecule has 13 rings (SSSR count). The molecule has 0 amide bonds. The maximum atomic E-state index is 9.64. The maximum absolute atomic E-state index is 9.64. The summed E-state index contributed by atoms with van der Waals surface area (Å²) in [6, 6.07) is 78.8. The van der Waals surface area contributed by atoms with Crippen LogP contribution in [-0.4, -0.2) is 9.13 Å². The molecule has 0 aliphatic rings. The average molecular weight is 1090 g/mol. The van der Waals surface area contributed by atoms with Gasteiger partial charge < -0.3 is 9.13 Å². The summed E-state index contributed by atoms with van der Waals surface area (Å²) in [4.78, 5) is 3.67. The van der Waals surface area contributed by atoms with Crippen molar-refractivity contribution in [3.8, 4) is 62.0 Å². The SMILES string of the molecule is [C-]#[N+]c1ccc(-c2ccc(-c3c4ccc(-n5c6ccc(C(C)(C)C)cc6c6cc(C(C)(C)C)ccc65)cc4c(-c4ccc(-c5ccc(C#N)cc5)cc4)c4ccc(-n5c6ccc(C(C)(C)C)cc6c6cc(C(C)(C)C)ccc65)cc34)cc2)cc1. The summed E-state index contributed by atoms with van der Waals surface area (Å²) < 4.78 is 4.97. The van der Waals surface area contributed by atoms with Gasteiger partial charge in [0.2, 0.25) is 0 Å². The molecule has 410 valence electrons. The molecule has 0 aliphatic carbocycles. The van der Waals surface area contributed by atoms with E-state index in [-0.39, 0.29) is 21.7 Å². The summed E-state index contributed by atoms with van der Waals surface area (Å²) >= 11 is 0. The van der Waals surface area contributed by atoms with Crippen LogP contribution in [0.25, 0.3) is 126 Å². The highest BCUT2D eigenvalue weighted by Gasteiger charge is 2.26. The van der Waals surface area contributed by atoms with Crippen LogP contribution in [-0.2, 0) is 21.7 Å². The summed E-state index contributed by atoms with van der Waals surface area (Å²) in [5.74, 6) is 0. The standard InChI is InChI=1S/C80H70N4/c1-77(2,3)56-28-38-71-65(42-56)66-43-57(78(4,5)6)29-39-72(66)83(71)61-35-37-64-69(46-61)75(54-22-18-51(19-23-54)50-16-14-49(48-81)15-17-50)63-36-34-62(47-70(63)76(64)55-24-20-52(21-25-55)53-26-32-60(82-13)33-27-53)84-73-40-30-58(79(7,8)9)44-67(73)68-45-59(80(10,11)12)31-41-74(68)84/h14-47H,1-12H3. The zero-order chi connectivity index (χ0) is 58.8. The minimum absolute atomic E-state index is 0.0243. The van der Waals surface area contributed by atoms with Gasteiger partial charge in [0.05, 0.1) is 40.3 Å². The van der Waals surface area contributed by atoms with E-state index in [0.717, 1.165) is 71.9 Å². The number of hydrogen-bond acceptors (Lipinski definition) is 1. The van der Waals surface area contributed by atoms with Crippen LogP contribution < -0.4 is 0 Å². The van der Waals surface area contributed by atoms with E-state index in [1.807, 2.05) is 48.5 Å². The molecule has 0 saturated carbocycles. The first kappa shape index (κ1) is 53.8. The van der Waals surface area contributed by atoms with Gasteiger partial charge in [0, 0.05) is 32.9 Å². The van der Waals surface area contributed by atoms with Crippen molar-refractivity contribution in [2.45, 2.75) is 105 Å². The first-order chi connectivity index (χ1) is 40.0. The van der Waals surface area contributed by atoms with Crippen molar-refractivity contribution in [1.29, 1.82) is 5.26 Å². The lowest BCUT2D eigenvalue weighted by Gasteiger charge is -2.21. The Kier molecular flexibility index (Phi) is 12.5. The number of fused-ring (bicyclic) bond motifs is 8. The number of hydrogen-bond donors (Lipinski definition) is 0. The summed E-state index contributed by atoms with van der Waals surface area (Å²) in [7, 11) is 0. The lowest BCUT2D eigenvalue weighted by molar-refractivity contribution is 0.590. The maximum Gasteiger partial charge on any atom is 0.187 e. The van der Waals surface area contributed by atoms with Crippen molar-refractivity contribution < 1.29 is 0 Å². The number of nitrogens with zero attached hydrogens (tertiary/aromatic N) is 4. The molecule has 2 aromatic heterocycles. The van der Waals surface area contributed by atoms with Gasteiger partial charge >= 0.3 is 0 Å². The summed E-state index contributed by atoms with van der Waals surface area (Å²) in [5, 5.41) is 19.3. The average Bonchev–Trinajstić information content (AvgIpc) is 1.84. The molecule has 0 unspecified atom stereocenters. The van der Waals surface area contributed by atoms with Crippen LogP contribution >= 0.6 is 0 Å². The lowest BCUT2D eigenvalue weighted by Crippen LogP contribution is -2.10. The zero-order valence-corrected chi connectivity index (χ0v) is 50.4. The van der Waals surface area contributed by atoms with Crippen molar-refractivity contribution in [3.63, 3.8) is 0 Å². The monoisotopic (exact) mass is 1090 g/mol. The van der Waals surface area contributed by atoms with E-state index in [1.165, 1.54) is 71.4 Å². The molecule has 0 spiro atoms. The van der Waals surface area contributed by atoms with E-state index >= 15 is 0 Å². The molecule has 0 N–H and O–H groups in total. The number of benzene rings is 11. The Morgan fingerprint density at radius 2 is 0.595 bits per heavy atom. The lowest BCUT2D eigenvalue weighted by atomic mass is 9.85. The minimum atomic E-state index is -0.0244. The molecule has 0 atom stereocenters. The van der Waals surface area contributed by atoms with Crippen molar-refractivity contribution in [3.05, 3.63) is 245 Å². The molecule has 11 aromatic carbocycles. The predicted molar refractivity (Wildman–Crippen MR) is 358 cm³/mol. The van der Waals surface area contributed by atoms with E-state index in [4.69, 9.17) is 6.57 Å². The van der Waals surface area contributed by atoms with Gasteiger partial charge in [-0.1, -0.05) is 204 Å². The van der Waals surface area contributed by atoms with E-state index < -0.39 is 0 Å². The number of aromatic nitrogens is 2. The van der Waals surface area contributed by atoms with Crippen molar-refractivity contribution in [2.75, 3.05) is 0 Å². The van der Waals surface area contributed by atoms with Gasteiger partial charge in [0.1, 0.15) is 0 Å². The van der Waals surface area contributed by atoms with Crippen LogP contribution in [0.1, 0.15) is 111 Å². The minimum Gasteiger partial charge on any atom is -0.309 e. The van der Waals surface area contributed by atoms with Crippen LogP contribution in [0.2, 0.25) is 0 Å². The largest absolute Gasteiger partial charge is 0.309 e. The molecular weight excluding hydrogens is 1020 g/mol. The highest BCUT2D eigenvalue weighted by molar-refractivity contribution is 6.23. The predicted octanol–water partition coefficient (Wildman–Crippen LogP) is 22.5. The number of nitriles is 1. The quantitative estimate of drug-likeness (QED) is 0.121. The summed E-state index contributed by atoms with van der Waals surface area (Å²) in [6.07, 6.45) is 0. The van der Waals surface area contributed by atoms with Crippen LogP contribution in [0.5, 0.6) is 0 Å². The normalized spacial score (nSPS) is 12.5. The van der Waals surface area contributed by atoms with Gasteiger partial charge in [-0.05, 0) is 195 Å². The second-order valence-electron chi connectivity index (χ2n) is 27.3. The molecule has 4 heteroatoms. The Balaban J connectivity index is 1.13. The van der Waals surface area contributed by atoms with Gasteiger partial charge in [-0.3, -0.25) is 0 Å². The molecule has 0 bridgehead atoms. The van der Waals surface area contributed by atoms with Gasteiger partial charge in [-0.2, -0.15) is 5.26 Å². The Morgan fingerprint density at radius 1 is 0.310 bits per heavy atom. The van der Waals surface area contributed by atoms with Crippen LogP contribution in [0.15, 0.2) is 206 Å². The first-order valence-corrected chi connectivity index (χ1v) is 29.5. The van der Waals surface area contributed by atoms with Crippen molar-refractivity contribution in [1.82, 2.24) is 9.13 Å². The second kappa shape index (κ2) is 19.6. The highest BCUT2D eigenvalue weighted by Crippen LogP contribution is 2.48. The molecule has 0 aliphatic heterocycles. The third-order valence-electron chi connectivity index (χ3n) is 17.6. The third kappa shape index (κ3) is 9.23. The fourth-order valence-corrected chi connectivity index (χ4v) is 12.7. The van der Waals surface area contributed by atoms with Crippen LogP contribution in [0, 0.1) is 17.9 Å². The summed E-state index contributed by atoms with van der Waals surface area (Å²) in [6.45, 7) is 35.2. The van der Waals surface area contributed by atoms with E-state index in [0.29, 0.717) is 11.3 Å². The Labute approximate surface area is 494 Å². The second-order valence-corrected chi connectivity index (χ2v) is 27.3. The molecule has 4 nitrogen and oxygen atoms in total. The van der Waals surface area contributed by atoms with Gasteiger partial charge in [-0.25, -0.2) is 4.85 Å². The topological polar surface area (TPSA) is 38.0 Å². The van der Waals surface area contributed by atoms with Gasteiger partial charge in [0.25, 0.3) is 0 Å². The van der Waals surface area contributed by atoms with Crippen LogP contribution in [0.3, 0.4) is 0 Å². The number of rotatable bonds is 6. The molecule has 0 fully saturated rings. The smallest absolute Gasteiger partial charge is 0.187 e. The fourth-order valence-electron chi connectivity index (χ4n) is 12.7. The zero-order valence-electron chi connectivity index (χ0n) is 50.4. The fraction of sp³-hybridized carbons (Fsp3) is 0.200. The van der Waals surface area contributed by atoms with E-state index in [1.54, 1.807) is 0 Å². The molecule has 2 heterocycles. The van der Waals surface area contributed by atoms with Crippen molar-refractivity contribution in [2.24, 2.45) is 0 Å². The van der Waals surface area contributed by atoms with Gasteiger partial charge in [0.15, 0.2) is 5.69 Å². The molecule has 0 saturated heterocycles. The molecule has 84 heavy (non-hydrogen) atoms. The highest BCUT2D eigenvalue weighted by atomic mass is 15.0. The van der Waals surface area contributed by atoms with Crippen molar-refractivity contribution >= 4 is 70.8 Å². The van der Waals surface area contributed by atoms with Crippen LogP contribution in [0.4, 0.5) is 5.69 Å². The van der Waals surface area contributed by atoms with E-state index in [2.05, 4.69) is 261 Å². The first-order valence-electron chi connectivity index (χ1n) is 29.5. The Bertz CT molecular complexity index is 4430. The molecular formula is C80H70N4. The Morgan fingerprint density at radius 3 is 0.881 bits per heavy atom. The van der Waals surface area contributed by atoms with E-state index in [9.17, 15) is 5.26 Å². The Hall–Kier alpha value is -9.48. The molecule has 13 aromatic rings. The molecule has 0 radical (unpaired) electrons. The van der Waals surface area contributed by atoms with Gasteiger partial charge in [-0.15, -0.1) is 0 Å². The third-order valence-corrected chi connectivity index (χ3v) is 17.6.